The Kier molecular flexibility index (Phi) is 6.38. The Balaban J connectivity index is 3.59. The molecule has 14 heavy (non-hydrogen) atoms. The second-order valence-corrected chi connectivity index (χ2v) is 5.06. The van der Waals surface area contributed by atoms with Crippen molar-refractivity contribution in [1.29, 1.82) is 0 Å². The largest absolute Gasteiger partial charge is 0.328 e. The molecule has 0 saturated heterocycles. The standard InChI is InChI=1S/C12H28N2/c1-6-12(3,4)14(5)10-8-7-9-11(2)13/h11H,6-10,13H2,1-5H3. The lowest BCUT2D eigenvalue weighted by molar-refractivity contribution is 0.148. The lowest BCUT2D eigenvalue weighted by atomic mass is 9.99. The van der Waals surface area contributed by atoms with Crippen LogP contribution in [0.5, 0.6) is 0 Å². The van der Waals surface area contributed by atoms with E-state index in [1.54, 1.807) is 0 Å². The molecule has 2 N–H and O–H groups in total. The van der Waals surface area contributed by atoms with Gasteiger partial charge in [-0.25, -0.2) is 0 Å². The van der Waals surface area contributed by atoms with Crippen molar-refractivity contribution in [1.82, 2.24) is 4.90 Å². The van der Waals surface area contributed by atoms with Gasteiger partial charge in [-0.3, -0.25) is 0 Å². The van der Waals surface area contributed by atoms with Gasteiger partial charge >= 0.3 is 0 Å². The van der Waals surface area contributed by atoms with Gasteiger partial charge in [-0.1, -0.05) is 13.3 Å². The van der Waals surface area contributed by atoms with Crippen molar-refractivity contribution >= 4 is 0 Å². The zero-order chi connectivity index (χ0) is 11.2. The summed E-state index contributed by atoms with van der Waals surface area (Å²) in [5.74, 6) is 0. The van der Waals surface area contributed by atoms with E-state index in [1.807, 2.05) is 0 Å². The van der Waals surface area contributed by atoms with Gasteiger partial charge in [-0.05, 0) is 53.6 Å². The number of hydrogen-bond acceptors (Lipinski definition) is 2. The van der Waals surface area contributed by atoms with E-state index in [-0.39, 0.29) is 0 Å². The summed E-state index contributed by atoms with van der Waals surface area (Å²) < 4.78 is 0. The predicted octanol–water partition coefficient (Wildman–Crippen LogP) is 2.62. The molecule has 1 atom stereocenters. The molecule has 0 amide bonds. The van der Waals surface area contributed by atoms with E-state index < -0.39 is 0 Å². The Bertz CT molecular complexity index is 141. The fourth-order valence-electron chi connectivity index (χ4n) is 1.39. The Hall–Kier alpha value is -0.0800. The summed E-state index contributed by atoms with van der Waals surface area (Å²) in [6, 6.07) is 0.361. The molecule has 0 bridgehead atoms. The van der Waals surface area contributed by atoms with Crippen molar-refractivity contribution in [2.75, 3.05) is 13.6 Å². The molecule has 0 aliphatic rings. The van der Waals surface area contributed by atoms with Gasteiger partial charge in [0.05, 0.1) is 0 Å². The molecule has 0 aromatic rings. The molecule has 0 aliphatic carbocycles. The van der Waals surface area contributed by atoms with Gasteiger partial charge in [0.15, 0.2) is 0 Å². The van der Waals surface area contributed by atoms with Crippen LogP contribution in [0.4, 0.5) is 0 Å². The Morgan fingerprint density at radius 2 is 1.86 bits per heavy atom. The number of rotatable bonds is 7. The molecular weight excluding hydrogens is 172 g/mol. The third-order valence-corrected chi connectivity index (χ3v) is 3.30. The van der Waals surface area contributed by atoms with Crippen molar-refractivity contribution in [3.8, 4) is 0 Å². The summed E-state index contributed by atoms with van der Waals surface area (Å²) in [6.07, 6.45) is 4.88. The molecule has 0 fully saturated rings. The van der Waals surface area contributed by atoms with Gasteiger partial charge in [0.25, 0.3) is 0 Å². The minimum absolute atomic E-state index is 0.342. The van der Waals surface area contributed by atoms with Crippen LogP contribution in [0.1, 0.15) is 53.4 Å². The van der Waals surface area contributed by atoms with Crippen LogP contribution in [-0.4, -0.2) is 30.1 Å². The maximum absolute atomic E-state index is 5.71. The molecule has 86 valence electrons. The maximum atomic E-state index is 5.71. The van der Waals surface area contributed by atoms with Gasteiger partial charge in [0.1, 0.15) is 0 Å². The normalized spacial score (nSPS) is 14.8. The third-order valence-electron chi connectivity index (χ3n) is 3.30. The molecule has 0 aliphatic heterocycles. The van der Waals surface area contributed by atoms with Crippen LogP contribution in [0.25, 0.3) is 0 Å². The van der Waals surface area contributed by atoms with Crippen molar-refractivity contribution in [3.63, 3.8) is 0 Å². The number of hydrogen-bond donors (Lipinski definition) is 1. The minimum Gasteiger partial charge on any atom is -0.328 e. The zero-order valence-electron chi connectivity index (χ0n) is 10.6. The van der Waals surface area contributed by atoms with Crippen molar-refractivity contribution in [2.45, 2.75) is 65.0 Å². The van der Waals surface area contributed by atoms with Crippen molar-refractivity contribution in [2.24, 2.45) is 5.73 Å². The highest BCUT2D eigenvalue weighted by molar-refractivity contribution is 4.76. The summed E-state index contributed by atoms with van der Waals surface area (Å²) in [5, 5.41) is 0. The SMILES string of the molecule is CCC(C)(C)N(C)CCCCC(C)N. The molecule has 0 rings (SSSR count). The van der Waals surface area contributed by atoms with Crippen LogP contribution in [0.3, 0.4) is 0 Å². The fraction of sp³-hybridized carbons (Fsp3) is 1.00. The zero-order valence-corrected chi connectivity index (χ0v) is 10.6. The lowest BCUT2D eigenvalue weighted by Gasteiger charge is -2.34. The highest BCUT2D eigenvalue weighted by atomic mass is 15.2. The topological polar surface area (TPSA) is 29.3 Å². The van der Waals surface area contributed by atoms with E-state index in [4.69, 9.17) is 5.73 Å². The maximum Gasteiger partial charge on any atom is 0.0147 e. The Labute approximate surface area is 89.9 Å². The summed E-state index contributed by atoms with van der Waals surface area (Å²) >= 11 is 0. The quantitative estimate of drug-likeness (QED) is 0.640. The molecule has 0 saturated carbocycles. The number of nitrogens with two attached hydrogens (primary N) is 1. The van der Waals surface area contributed by atoms with E-state index in [9.17, 15) is 0 Å². The van der Waals surface area contributed by atoms with E-state index in [1.165, 1.54) is 25.8 Å². The van der Waals surface area contributed by atoms with Crippen LogP contribution in [-0.2, 0) is 0 Å². The van der Waals surface area contributed by atoms with Gasteiger partial charge in [-0.2, -0.15) is 0 Å². The average molecular weight is 200 g/mol. The molecule has 0 aromatic carbocycles. The molecule has 0 spiro atoms. The highest BCUT2D eigenvalue weighted by Gasteiger charge is 2.19. The average Bonchev–Trinajstić information content (AvgIpc) is 2.11. The van der Waals surface area contributed by atoms with E-state index in [0.29, 0.717) is 11.6 Å². The summed E-state index contributed by atoms with van der Waals surface area (Å²) in [6.45, 7) is 10.1. The molecule has 0 aromatic heterocycles. The monoisotopic (exact) mass is 200 g/mol. The van der Waals surface area contributed by atoms with Gasteiger partial charge < -0.3 is 10.6 Å². The summed E-state index contributed by atoms with van der Waals surface area (Å²) in [4.78, 5) is 2.45. The van der Waals surface area contributed by atoms with Crippen LogP contribution in [0, 0.1) is 0 Å². The fourth-order valence-corrected chi connectivity index (χ4v) is 1.39. The lowest BCUT2D eigenvalue weighted by Crippen LogP contribution is -2.40. The van der Waals surface area contributed by atoms with Crippen LogP contribution < -0.4 is 5.73 Å². The third kappa shape index (κ3) is 5.61. The molecule has 0 radical (unpaired) electrons. The smallest absolute Gasteiger partial charge is 0.0147 e. The first kappa shape index (κ1) is 13.9. The van der Waals surface area contributed by atoms with E-state index >= 15 is 0 Å². The number of unbranched alkanes of at least 4 members (excludes halogenated alkanes) is 1. The molecule has 2 nitrogen and oxygen atoms in total. The second-order valence-electron chi connectivity index (χ2n) is 5.06. The molecular formula is C12H28N2. The van der Waals surface area contributed by atoms with Gasteiger partial charge in [0.2, 0.25) is 0 Å². The van der Waals surface area contributed by atoms with E-state index in [2.05, 4.69) is 39.6 Å². The summed E-state index contributed by atoms with van der Waals surface area (Å²) in [5.41, 5.74) is 6.05. The highest BCUT2D eigenvalue weighted by Crippen LogP contribution is 2.16. The van der Waals surface area contributed by atoms with Gasteiger partial charge in [0, 0.05) is 11.6 Å². The van der Waals surface area contributed by atoms with Crippen LogP contribution >= 0.6 is 0 Å². The Morgan fingerprint density at radius 1 is 1.29 bits per heavy atom. The van der Waals surface area contributed by atoms with Gasteiger partial charge in [-0.15, -0.1) is 0 Å². The first-order valence-electron chi connectivity index (χ1n) is 5.87. The molecule has 2 heteroatoms. The molecule has 1 unspecified atom stereocenters. The van der Waals surface area contributed by atoms with Crippen molar-refractivity contribution in [3.05, 3.63) is 0 Å². The first-order valence-corrected chi connectivity index (χ1v) is 5.87. The first-order chi connectivity index (χ1) is 6.40. The summed E-state index contributed by atoms with van der Waals surface area (Å²) in [7, 11) is 2.22. The van der Waals surface area contributed by atoms with Crippen LogP contribution in [0.15, 0.2) is 0 Å². The second kappa shape index (κ2) is 6.41. The van der Waals surface area contributed by atoms with Crippen LogP contribution in [0.2, 0.25) is 0 Å². The predicted molar refractivity (Wildman–Crippen MR) is 64.5 cm³/mol. The molecule has 0 heterocycles. The van der Waals surface area contributed by atoms with E-state index in [0.717, 1.165) is 6.42 Å². The minimum atomic E-state index is 0.342. The van der Waals surface area contributed by atoms with Crippen molar-refractivity contribution < 1.29 is 0 Å². The number of nitrogens with zero attached hydrogens (tertiary/aromatic N) is 1. The Morgan fingerprint density at radius 3 is 2.29 bits per heavy atom.